The average Bonchev–Trinajstić information content (AvgIpc) is 2.69. The van der Waals surface area contributed by atoms with Crippen LogP contribution in [0.2, 0.25) is 0 Å². The molecule has 0 saturated carbocycles. The summed E-state index contributed by atoms with van der Waals surface area (Å²) in [6, 6.07) is 11.9. The highest BCUT2D eigenvalue weighted by atomic mass is 32.1. The van der Waals surface area contributed by atoms with Crippen LogP contribution in [0.5, 0.6) is 11.5 Å². The van der Waals surface area contributed by atoms with E-state index in [0.29, 0.717) is 28.3 Å². The Morgan fingerprint density at radius 3 is 2.18 bits per heavy atom. The lowest BCUT2D eigenvalue weighted by Gasteiger charge is -2.16. The summed E-state index contributed by atoms with van der Waals surface area (Å²) in [7, 11) is 3.25. The molecule has 28 heavy (non-hydrogen) atoms. The van der Waals surface area contributed by atoms with Crippen molar-refractivity contribution in [3.8, 4) is 11.5 Å². The molecular formula is C20H26N4O2S2. The van der Waals surface area contributed by atoms with Crippen LogP contribution in [0.25, 0.3) is 0 Å². The smallest absolute Gasteiger partial charge is 0.189 e. The number of benzene rings is 2. The van der Waals surface area contributed by atoms with Crippen LogP contribution in [0.3, 0.4) is 0 Å². The van der Waals surface area contributed by atoms with Crippen molar-refractivity contribution in [2.45, 2.75) is 20.3 Å². The molecule has 0 aromatic heterocycles. The van der Waals surface area contributed by atoms with Gasteiger partial charge in [0.15, 0.2) is 21.7 Å². The molecule has 0 aliphatic heterocycles. The molecule has 8 heteroatoms. The quantitative estimate of drug-likeness (QED) is 0.421. The zero-order valence-corrected chi connectivity index (χ0v) is 18.1. The van der Waals surface area contributed by atoms with Crippen molar-refractivity contribution in [3.63, 3.8) is 0 Å². The normalized spacial score (nSPS) is 10.0. The molecule has 0 aliphatic carbocycles. The van der Waals surface area contributed by atoms with E-state index in [4.69, 9.17) is 33.9 Å². The molecule has 0 atom stereocenters. The first-order valence-electron chi connectivity index (χ1n) is 8.82. The molecule has 0 unspecified atom stereocenters. The number of anilines is 1. The molecule has 2 aromatic carbocycles. The Morgan fingerprint density at radius 2 is 1.54 bits per heavy atom. The maximum Gasteiger partial charge on any atom is 0.189 e. The van der Waals surface area contributed by atoms with Crippen LogP contribution >= 0.6 is 24.4 Å². The number of methoxy groups -OCH3 is 2. The molecule has 2 rings (SSSR count). The number of aryl methyl sites for hydroxylation is 2. The maximum atomic E-state index is 5.32. The largest absolute Gasteiger partial charge is 0.493 e. The summed E-state index contributed by atoms with van der Waals surface area (Å²) in [4.78, 5) is 0. The van der Waals surface area contributed by atoms with Gasteiger partial charge < -0.3 is 20.1 Å². The molecule has 0 saturated heterocycles. The Morgan fingerprint density at radius 1 is 0.893 bits per heavy atom. The van der Waals surface area contributed by atoms with Crippen LogP contribution in [0, 0.1) is 13.8 Å². The lowest BCUT2D eigenvalue weighted by atomic mass is 10.1. The van der Waals surface area contributed by atoms with Crippen LogP contribution in [0.4, 0.5) is 5.69 Å². The van der Waals surface area contributed by atoms with Gasteiger partial charge in [0.05, 0.1) is 14.2 Å². The molecule has 4 N–H and O–H groups in total. The predicted molar refractivity (Wildman–Crippen MR) is 122 cm³/mol. The second-order valence-electron chi connectivity index (χ2n) is 6.17. The van der Waals surface area contributed by atoms with Gasteiger partial charge in [0.25, 0.3) is 0 Å². The lowest BCUT2D eigenvalue weighted by Crippen LogP contribution is -2.48. The second kappa shape index (κ2) is 10.7. The first-order chi connectivity index (χ1) is 13.4. The van der Waals surface area contributed by atoms with Gasteiger partial charge in [-0.1, -0.05) is 24.3 Å². The highest BCUT2D eigenvalue weighted by Crippen LogP contribution is 2.27. The zero-order valence-electron chi connectivity index (χ0n) is 16.5. The minimum absolute atomic E-state index is 0.446. The minimum Gasteiger partial charge on any atom is -0.493 e. The van der Waals surface area contributed by atoms with Gasteiger partial charge in [-0.05, 0) is 73.5 Å². The number of hydrogen-bond donors (Lipinski definition) is 4. The number of ether oxygens (including phenoxy) is 2. The summed E-state index contributed by atoms with van der Waals surface area (Å²) < 4.78 is 10.6. The Balaban J connectivity index is 1.75. The SMILES string of the molecule is COc1ccc(CCNC(=S)NNC(=S)Nc2c(C)cccc2C)cc1OC. The molecule has 0 radical (unpaired) electrons. The molecule has 2 aromatic rings. The van der Waals surface area contributed by atoms with Crippen LogP contribution in [-0.4, -0.2) is 31.0 Å². The molecule has 0 heterocycles. The maximum absolute atomic E-state index is 5.32. The molecule has 0 spiro atoms. The molecule has 0 aliphatic rings. The Labute approximate surface area is 177 Å². The van der Waals surface area contributed by atoms with E-state index in [1.807, 2.05) is 50.2 Å². The fourth-order valence-corrected chi connectivity index (χ4v) is 2.98. The summed E-state index contributed by atoms with van der Waals surface area (Å²) >= 11 is 10.6. The van der Waals surface area contributed by atoms with E-state index in [1.165, 1.54) is 0 Å². The Hall–Kier alpha value is -2.58. The summed E-state index contributed by atoms with van der Waals surface area (Å²) in [6.07, 6.45) is 0.785. The number of rotatable bonds is 6. The van der Waals surface area contributed by atoms with Crippen LogP contribution in [0.15, 0.2) is 36.4 Å². The summed E-state index contributed by atoms with van der Waals surface area (Å²) in [5.74, 6) is 1.43. The molecule has 6 nitrogen and oxygen atoms in total. The fourth-order valence-electron chi connectivity index (χ4n) is 2.67. The topological polar surface area (TPSA) is 66.6 Å². The van der Waals surface area contributed by atoms with Gasteiger partial charge in [-0.15, -0.1) is 0 Å². The first kappa shape index (κ1) is 21.7. The predicted octanol–water partition coefficient (Wildman–Crippen LogP) is 3.23. The summed E-state index contributed by atoms with van der Waals surface area (Å²) in [5, 5.41) is 7.23. The third-order valence-electron chi connectivity index (χ3n) is 4.16. The monoisotopic (exact) mass is 418 g/mol. The van der Waals surface area contributed by atoms with E-state index in [9.17, 15) is 0 Å². The van der Waals surface area contributed by atoms with E-state index in [1.54, 1.807) is 14.2 Å². The van der Waals surface area contributed by atoms with E-state index in [0.717, 1.165) is 28.8 Å². The highest BCUT2D eigenvalue weighted by molar-refractivity contribution is 7.80. The van der Waals surface area contributed by atoms with Crippen molar-refractivity contribution in [3.05, 3.63) is 53.1 Å². The molecule has 0 fully saturated rings. The molecule has 0 amide bonds. The van der Waals surface area contributed by atoms with Crippen LogP contribution < -0.4 is 31.0 Å². The number of hydrogen-bond acceptors (Lipinski definition) is 4. The molecule has 150 valence electrons. The van der Waals surface area contributed by atoms with Crippen molar-refractivity contribution >= 4 is 40.3 Å². The van der Waals surface area contributed by atoms with Crippen molar-refractivity contribution in [1.82, 2.24) is 16.2 Å². The van der Waals surface area contributed by atoms with E-state index < -0.39 is 0 Å². The number of para-hydroxylation sites is 1. The molecular weight excluding hydrogens is 392 g/mol. The lowest BCUT2D eigenvalue weighted by molar-refractivity contribution is 0.354. The number of nitrogens with one attached hydrogen (secondary N) is 4. The van der Waals surface area contributed by atoms with Crippen molar-refractivity contribution in [1.29, 1.82) is 0 Å². The van der Waals surface area contributed by atoms with Gasteiger partial charge in [-0.2, -0.15) is 0 Å². The van der Waals surface area contributed by atoms with E-state index >= 15 is 0 Å². The Kier molecular flexibility index (Phi) is 8.28. The van der Waals surface area contributed by atoms with Crippen LogP contribution in [0.1, 0.15) is 16.7 Å². The van der Waals surface area contributed by atoms with E-state index in [2.05, 4.69) is 21.5 Å². The standard InChI is InChI=1S/C20H26N4O2S2/c1-13-6-5-7-14(2)18(13)22-20(28)24-23-19(27)21-11-10-15-8-9-16(25-3)17(12-15)26-4/h5-9,12H,10-11H2,1-4H3,(H2,21,23,27)(H2,22,24,28). The minimum atomic E-state index is 0.446. The van der Waals surface area contributed by atoms with Gasteiger partial charge in [0, 0.05) is 12.2 Å². The average molecular weight is 419 g/mol. The van der Waals surface area contributed by atoms with Crippen molar-refractivity contribution in [2.75, 3.05) is 26.1 Å². The summed E-state index contributed by atoms with van der Waals surface area (Å²) in [6.45, 7) is 4.73. The van der Waals surface area contributed by atoms with Crippen molar-refractivity contribution < 1.29 is 9.47 Å². The third-order valence-corrected chi connectivity index (χ3v) is 4.61. The zero-order chi connectivity index (χ0) is 20.5. The van der Waals surface area contributed by atoms with Gasteiger partial charge in [0.2, 0.25) is 0 Å². The highest BCUT2D eigenvalue weighted by Gasteiger charge is 2.06. The third kappa shape index (κ3) is 6.24. The van der Waals surface area contributed by atoms with Gasteiger partial charge in [0.1, 0.15) is 0 Å². The number of thiocarbonyl (C=S) groups is 2. The van der Waals surface area contributed by atoms with Gasteiger partial charge >= 0.3 is 0 Å². The van der Waals surface area contributed by atoms with E-state index in [-0.39, 0.29) is 0 Å². The molecule has 0 bridgehead atoms. The summed E-state index contributed by atoms with van der Waals surface area (Å²) in [5.41, 5.74) is 10.2. The number of hydrazine groups is 1. The van der Waals surface area contributed by atoms with Gasteiger partial charge in [-0.3, -0.25) is 10.9 Å². The second-order valence-corrected chi connectivity index (χ2v) is 6.98. The first-order valence-corrected chi connectivity index (χ1v) is 9.64. The van der Waals surface area contributed by atoms with Crippen LogP contribution in [-0.2, 0) is 6.42 Å². The van der Waals surface area contributed by atoms with Gasteiger partial charge in [-0.25, -0.2) is 0 Å². The fraction of sp³-hybridized carbons (Fsp3) is 0.300. The Bertz CT molecular complexity index is 823. The van der Waals surface area contributed by atoms with Crippen molar-refractivity contribution in [2.24, 2.45) is 0 Å².